The van der Waals surface area contributed by atoms with Crippen LogP contribution in [0, 0.1) is 40.4 Å². The number of hydrogen-bond donors (Lipinski definition) is 0. The number of halogens is 3. The number of aldehydes is 1. The van der Waals surface area contributed by atoms with E-state index in [4.69, 9.17) is 14.2 Å². The van der Waals surface area contributed by atoms with Crippen LogP contribution in [0.2, 0.25) is 0 Å². The minimum absolute atomic E-state index is 0.0124. The zero-order valence-corrected chi connectivity index (χ0v) is 21.4. The molecule has 8 atom stereocenters. The van der Waals surface area contributed by atoms with Gasteiger partial charge in [-0.3, -0.25) is 0 Å². The van der Waals surface area contributed by atoms with E-state index in [9.17, 15) is 22.8 Å². The summed E-state index contributed by atoms with van der Waals surface area (Å²) in [6.45, 7) is 8.35. The molecular formula is C28H37F3O5. The van der Waals surface area contributed by atoms with E-state index in [2.05, 4.69) is 6.58 Å². The number of carbonyl (C=O) groups excluding carboxylic acids is 2. The van der Waals surface area contributed by atoms with Crippen molar-refractivity contribution in [2.45, 2.75) is 108 Å². The molecule has 8 heteroatoms. The van der Waals surface area contributed by atoms with Gasteiger partial charge < -0.3 is 19.0 Å². The van der Waals surface area contributed by atoms with E-state index in [-0.39, 0.29) is 41.2 Å². The molecule has 0 N–H and O–H groups in total. The van der Waals surface area contributed by atoms with Crippen LogP contribution in [0.4, 0.5) is 13.2 Å². The zero-order chi connectivity index (χ0) is 25.9. The van der Waals surface area contributed by atoms with Crippen LogP contribution in [-0.4, -0.2) is 42.0 Å². The van der Waals surface area contributed by atoms with E-state index in [1.54, 1.807) is 6.92 Å². The Hall–Kier alpha value is -1.41. The van der Waals surface area contributed by atoms with Crippen LogP contribution in [0.25, 0.3) is 0 Å². The van der Waals surface area contributed by atoms with Crippen LogP contribution in [0.15, 0.2) is 12.2 Å². The largest absolute Gasteiger partial charge is 0.455 e. The molecule has 0 aromatic rings. The second kappa shape index (κ2) is 7.58. The van der Waals surface area contributed by atoms with Gasteiger partial charge in [0, 0.05) is 11.0 Å². The number of fused-ring (bicyclic) bond motifs is 1. The molecule has 6 saturated carbocycles. The van der Waals surface area contributed by atoms with Gasteiger partial charge in [0.05, 0.1) is 11.7 Å². The maximum Gasteiger partial charge on any atom is 0.401 e. The lowest BCUT2D eigenvalue weighted by atomic mass is 9.14. The standard InChI is InChI=1S/C28H37F3O5/c1-15(2)23(33)36-26-12-17-10-25(11-18(13-26)27(17,25)26)35-16(3)34-22-9-8-19-20(22)6-5-7-21(19)24(4,14-32)28(29,30)31/h14,16-22H,1,5-13H2,2-4H3. The normalized spacial score (nSPS) is 48.3. The van der Waals surface area contributed by atoms with Crippen molar-refractivity contribution >= 4 is 12.3 Å². The average molecular weight is 511 g/mol. The van der Waals surface area contributed by atoms with Crippen molar-refractivity contribution in [3.8, 4) is 0 Å². The Morgan fingerprint density at radius 1 is 1.03 bits per heavy atom. The Bertz CT molecular complexity index is 974. The van der Waals surface area contributed by atoms with Crippen LogP contribution in [0.5, 0.6) is 0 Å². The molecule has 36 heavy (non-hydrogen) atoms. The third kappa shape index (κ3) is 2.81. The molecule has 6 aliphatic rings. The third-order valence-corrected chi connectivity index (χ3v) is 11.5. The van der Waals surface area contributed by atoms with Gasteiger partial charge in [0.25, 0.3) is 0 Å². The molecular weight excluding hydrogens is 473 g/mol. The number of hydrogen-bond acceptors (Lipinski definition) is 5. The highest BCUT2D eigenvalue weighted by Crippen LogP contribution is 2.92. The average Bonchev–Trinajstić information content (AvgIpc) is 3.16. The van der Waals surface area contributed by atoms with Crippen molar-refractivity contribution in [1.82, 2.24) is 0 Å². The van der Waals surface area contributed by atoms with Crippen molar-refractivity contribution in [3.63, 3.8) is 0 Å². The van der Waals surface area contributed by atoms with Gasteiger partial charge in [0.2, 0.25) is 0 Å². The smallest absolute Gasteiger partial charge is 0.401 e. The molecule has 0 saturated heterocycles. The summed E-state index contributed by atoms with van der Waals surface area (Å²) in [4.78, 5) is 24.0. The maximum atomic E-state index is 13.9. The highest BCUT2D eigenvalue weighted by atomic mass is 19.4. The predicted octanol–water partition coefficient (Wildman–Crippen LogP) is 5.76. The van der Waals surface area contributed by atoms with Crippen LogP contribution in [0.1, 0.15) is 78.6 Å². The van der Waals surface area contributed by atoms with Gasteiger partial charge in [-0.25, -0.2) is 4.79 Å². The number of esters is 1. The van der Waals surface area contributed by atoms with Crippen molar-refractivity contribution in [1.29, 1.82) is 0 Å². The van der Waals surface area contributed by atoms with Gasteiger partial charge in [-0.15, -0.1) is 0 Å². The van der Waals surface area contributed by atoms with E-state index in [1.807, 2.05) is 6.92 Å². The Morgan fingerprint density at radius 2 is 1.67 bits per heavy atom. The molecule has 1 spiro atoms. The Balaban J connectivity index is 1.12. The minimum atomic E-state index is -4.55. The molecule has 200 valence electrons. The molecule has 8 unspecified atom stereocenters. The molecule has 0 aliphatic heterocycles. The number of carbonyl (C=O) groups is 2. The van der Waals surface area contributed by atoms with Crippen LogP contribution < -0.4 is 0 Å². The first-order chi connectivity index (χ1) is 16.8. The fourth-order valence-electron chi connectivity index (χ4n) is 10.2. The molecule has 0 radical (unpaired) electrons. The Kier molecular flexibility index (Phi) is 5.25. The third-order valence-electron chi connectivity index (χ3n) is 11.5. The van der Waals surface area contributed by atoms with E-state index in [0.29, 0.717) is 43.1 Å². The first-order valence-electron chi connectivity index (χ1n) is 13.6. The fraction of sp³-hybridized carbons (Fsp3) is 0.857. The second-order valence-corrected chi connectivity index (χ2v) is 12.9. The van der Waals surface area contributed by atoms with E-state index in [1.165, 1.54) is 0 Å². The molecule has 0 aromatic heterocycles. The van der Waals surface area contributed by atoms with Gasteiger partial charge in [0.1, 0.15) is 17.3 Å². The lowest BCUT2D eigenvalue weighted by Crippen LogP contribution is -2.97. The fourth-order valence-corrected chi connectivity index (χ4v) is 10.2. The molecule has 6 fully saturated rings. The van der Waals surface area contributed by atoms with Crippen LogP contribution in [0.3, 0.4) is 0 Å². The summed E-state index contributed by atoms with van der Waals surface area (Å²) in [5.74, 6) is -0.147. The quantitative estimate of drug-likeness (QED) is 0.180. The summed E-state index contributed by atoms with van der Waals surface area (Å²) in [5, 5.41) is 0. The number of ether oxygens (including phenoxy) is 3. The van der Waals surface area contributed by atoms with Gasteiger partial charge in [0.15, 0.2) is 6.29 Å². The van der Waals surface area contributed by atoms with Gasteiger partial charge >= 0.3 is 12.1 Å². The summed E-state index contributed by atoms with van der Waals surface area (Å²) < 4.78 is 60.6. The van der Waals surface area contributed by atoms with E-state index >= 15 is 0 Å². The molecule has 0 bridgehead atoms. The molecule has 0 aromatic carbocycles. The van der Waals surface area contributed by atoms with Crippen molar-refractivity contribution < 1.29 is 37.0 Å². The van der Waals surface area contributed by atoms with Crippen molar-refractivity contribution in [2.24, 2.45) is 40.4 Å². The van der Waals surface area contributed by atoms with E-state index < -0.39 is 29.4 Å². The lowest BCUT2D eigenvalue weighted by molar-refractivity contribution is -0.521. The SMILES string of the molecule is C=C(C)C(=O)OC12CC3CC4(OC(C)OC5CCC6C5CCCC6C(C)(C=O)C(F)(F)F)CC(C1)C324. The predicted molar refractivity (Wildman–Crippen MR) is 123 cm³/mol. The summed E-state index contributed by atoms with van der Waals surface area (Å²) >= 11 is 0. The number of alkyl halides is 3. The van der Waals surface area contributed by atoms with Gasteiger partial charge in [-0.05, 0) is 102 Å². The van der Waals surface area contributed by atoms with Crippen molar-refractivity contribution in [3.05, 3.63) is 12.2 Å². The summed E-state index contributed by atoms with van der Waals surface area (Å²) in [7, 11) is 0. The summed E-state index contributed by atoms with van der Waals surface area (Å²) in [5.41, 5.74) is -2.75. The topological polar surface area (TPSA) is 61.8 Å². The molecule has 5 nitrogen and oxygen atoms in total. The van der Waals surface area contributed by atoms with E-state index in [0.717, 1.165) is 39.0 Å². The van der Waals surface area contributed by atoms with Crippen LogP contribution >= 0.6 is 0 Å². The Morgan fingerprint density at radius 3 is 2.22 bits per heavy atom. The molecule has 6 aliphatic carbocycles. The molecule has 6 rings (SSSR count). The molecule has 0 amide bonds. The minimum Gasteiger partial charge on any atom is -0.455 e. The maximum absolute atomic E-state index is 13.9. The number of rotatable bonds is 8. The van der Waals surface area contributed by atoms with Crippen molar-refractivity contribution in [2.75, 3.05) is 0 Å². The van der Waals surface area contributed by atoms with Crippen LogP contribution in [-0.2, 0) is 23.8 Å². The summed E-state index contributed by atoms with van der Waals surface area (Å²) in [6.07, 6.45) is 1.87. The second-order valence-electron chi connectivity index (χ2n) is 12.9. The lowest BCUT2D eigenvalue weighted by Gasteiger charge is -2.92. The summed E-state index contributed by atoms with van der Waals surface area (Å²) in [6, 6.07) is 0. The highest BCUT2D eigenvalue weighted by Gasteiger charge is 2.96. The monoisotopic (exact) mass is 510 g/mol. The van der Waals surface area contributed by atoms with Gasteiger partial charge in [-0.1, -0.05) is 13.0 Å². The first-order valence-corrected chi connectivity index (χ1v) is 13.6. The first kappa shape index (κ1) is 24.9. The Labute approximate surface area is 210 Å². The highest BCUT2D eigenvalue weighted by molar-refractivity contribution is 5.87. The molecule has 0 heterocycles. The van der Waals surface area contributed by atoms with Gasteiger partial charge in [-0.2, -0.15) is 13.2 Å². The zero-order valence-electron chi connectivity index (χ0n) is 21.4.